The smallest absolute Gasteiger partial charge is 0.335 e. The molecule has 36 heavy (non-hydrogen) atoms. The molecule has 0 aromatic heterocycles. The molecule has 4 heterocycles. The van der Waals surface area contributed by atoms with Gasteiger partial charge in [0.05, 0.1) is 12.2 Å². The van der Waals surface area contributed by atoms with E-state index in [4.69, 9.17) is 8.85 Å². The predicted octanol–water partition coefficient (Wildman–Crippen LogP) is 5.91. The minimum Gasteiger partial charge on any atom is -0.389 e. The molecule has 2 N–H and O–H groups in total. The quantitative estimate of drug-likeness (QED) is 0.267. The zero-order chi connectivity index (χ0) is 25.6. The maximum Gasteiger partial charge on any atom is 0.335 e. The van der Waals surface area contributed by atoms with Gasteiger partial charge in [-0.25, -0.2) is 4.79 Å². The van der Waals surface area contributed by atoms with Crippen molar-refractivity contribution in [2.75, 3.05) is 31.1 Å². The molecule has 2 bridgehead atoms. The Morgan fingerprint density at radius 3 is 2.36 bits per heavy atom. The first-order chi connectivity index (χ1) is 17.2. The van der Waals surface area contributed by atoms with Crippen LogP contribution in [-0.2, 0) is 8.85 Å². The second-order valence-corrected chi connectivity index (χ2v) is 17.5. The van der Waals surface area contributed by atoms with Gasteiger partial charge < -0.3 is 19.5 Å². The molecule has 2 amide bonds. The number of nitrogens with one attached hydrogen (secondary N) is 2. The molecule has 6 nitrogen and oxygen atoms in total. The summed E-state index contributed by atoms with van der Waals surface area (Å²) in [6.07, 6.45) is 15.1. The number of hydrogen-bond acceptors (Lipinski definition) is 5. The van der Waals surface area contributed by atoms with Gasteiger partial charge in [0.1, 0.15) is 0 Å². The number of carbonyl (C=O) groups excluding carboxylic acids is 1. The first-order valence-electron chi connectivity index (χ1n) is 14.9. The molecule has 5 fully saturated rings. The number of fused-ring (bicyclic) bond motifs is 4. The highest BCUT2D eigenvalue weighted by molar-refractivity contribution is 7.99. The highest BCUT2D eigenvalue weighted by atomic mass is 32.2. The van der Waals surface area contributed by atoms with Gasteiger partial charge in [0.25, 0.3) is 0 Å². The zero-order valence-electron chi connectivity index (χ0n) is 23.5. The lowest BCUT2D eigenvalue weighted by molar-refractivity contribution is -0.000577. The third-order valence-electron chi connectivity index (χ3n) is 8.73. The van der Waals surface area contributed by atoms with Gasteiger partial charge in [-0.2, -0.15) is 11.8 Å². The molecule has 0 aromatic carbocycles. The number of piperidine rings is 3. The van der Waals surface area contributed by atoms with Crippen LogP contribution in [0.25, 0.3) is 0 Å². The molecular formula is C28H53N3O3SSi. The molecule has 8 heteroatoms. The van der Waals surface area contributed by atoms with E-state index in [2.05, 4.69) is 33.8 Å². The van der Waals surface area contributed by atoms with E-state index in [-0.39, 0.29) is 11.6 Å². The van der Waals surface area contributed by atoms with Crippen LogP contribution in [0.3, 0.4) is 0 Å². The van der Waals surface area contributed by atoms with E-state index < -0.39 is 8.56 Å². The van der Waals surface area contributed by atoms with Crippen molar-refractivity contribution in [1.82, 2.24) is 15.5 Å². The zero-order valence-corrected chi connectivity index (χ0v) is 25.3. The first kappa shape index (κ1) is 28.7. The molecule has 6 atom stereocenters. The summed E-state index contributed by atoms with van der Waals surface area (Å²) in [6.45, 7) is 11.6. The SMILES string of the molecule is CC(C)(C)NC(=O)NCC1CC2CCN1CC2CCCSCCC[Si]1(C)OC2CCCCCCC2O1. The van der Waals surface area contributed by atoms with Crippen molar-refractivity contribution >= 4 is 26.4 Å². The lowest BCUT2D eigenvalue weighted by Crippen LogP contribution is -2.58. The fourth-order valence-electron chi connectivity index (χ4n) is 6.90. The Hall–Kier alpha value is -0.283. The average molecular weight is 540 g/mol. The van der Waals surface area contributed by atoms with E-state index in [1.807, 2.05) is 20.8 Å². The molecule has 0 aromatic rings. The number of rotatable bonds is 10. The molecule has 5 aliphatic rings. The molecule has 4 aliphatic heterocycles. The van der Waals surface area contributed by atoms with Gasteiger partial charge in [0.15, 0.2) is 0 Å². The number of urea groups is 1. The second-order valence-electron chi connectivity index (χ2n) is 13.1. The Bertz CT molecular complexity index is 690. The average Bonchev–Trinajstić information content (AvgIpc) is 3.11. The number of carbonyl (C=O) groups is 1. The molecule has 1 aliphatic carbocycles. The minimum atomic E-state index is -1.95. The Morgan fingerprint density at radius 2 is 1.72 bits per heavy atom. The Morgan fingerprint density at radius 1 is 1.03 bits per heavy atom. The lowest BCUT2D eigenvalue weighted by atomic mass is 9.74. The van der Waals surface area contributed by atoms with Crippen LogP contribution in [0.2, 0.25) is 12.6 Å². The van der Waals surface area contributed by atoms with E-state index in [9.17, 15) is 4.79 Å². The van der Waals surface area contributed by atoms with Crippen molar-refractivity contribution in [2.45, 2.75) is 128 Å². The van der Waals surface area contributed by atoms with Crippen LogP contribution in [0.15, 0.2) is 0 Å². The molecule has 6 unspecified atom stereocenters. The number of amides is 2. The summed E-state index contributed by atoms with van der Waals surface area (Å²) < 4.78 is 13.1. The first-order valence-corrected chi connectivity index (χ1v) is 18.6. The summed E-state index contributed by atoms with van der Waals surface area (Å²) in [5, 5.41) is 6.12. The summed E-state index contributed by atoms with van der Waals surface area (Å²) in [6, 6.07) is 1.64. The maximum absolute atomic E-state index is 12.1. The molecule has 4 saturated heterocycles. The van der Waals surface area contributed by atoms with Gasteiger partial charge in [0.2, 0.25) is 0 Å². The largest absolute Gasteiger partial charge is 0.389 e. The van der Waals surface area contributed by atoms with Crippen molar-refractivity contribution in [3.63, 3.8) is 0 Å². The minimum absolute atomic E-state index is 0.0364. The highest BCUT2D eigenvalue weighted by Gasteiger charge is 2.46. The van der Waals surface area contributed by atoms with Crippen LogP contribution in [0, 0.1) is 11.8 Å². The van der Waals surface area contributed by atoms with Crippen LogP contribution in [0.4, 0.5) is 4.79 Å². The predicted molar refractivity (Wildman–Crippen MR) is 153 cm³/mol. The molecule has 0 radical (unpaired) electrons. The number of thioether (sulfide) groups is 1. The summed E-state index contributed by atoms with van der Waals surface area (Å²) in [5.74, 6) is 4.22. The third-order valence-corrected chi connectivity index (χ3v) is 12.7. The summed E-state index contributed by atoms with van der Waals surface area (Å²) in [5.41, 5.74) is -0.186. The van der Waals surface area contributed by atoms with E-state index >= 15 is 0 Å². The van der Waals surface area contributed by atoms with Gasteiger partial charge in [-0.15, -0.1) is 0 Å². The van der Waals surface area contributed by atoms with Crippen LogP contribution >= 0.6 is 11.8 Å². The van der Waals surface area contributed by atoms with Gasteiger partial charge in [-0.05, 0) is 108 Å². The molecule has 0 spiro atoms. The maximum atomic E-state index is 12.1. The second kappa shape index (κ2) is 13.2. The van der Waals surface area contributed by atoms with Gasteiger partial charge in [-0.3, -0.25) is 4.90 Å². The Kier molecular flexibility index (Phi) is 10.5. The van der Waals surface area contributed by atoms with E-state index in [0.717, 1.165) is 24.4 Å². The summed E-state index contributed by atoms with van der Waals surface area (Å²) >= 11 is 2.14. The summed E-state index contributed by atoms with van der Waals surface area (Å²) in [7, 11) is -1.95. The van der Waals surface area contributed by atoms with Crippen LogP contribution < -0.4 is 10.6 Å². The van der Waals surface area contributed by atoms with Crippen molar-refractivity contribution in [3.05, 3.63) is 0 Å². The Labute approximate surface area is 226 Å². The fraction of sp³-hybridized carbons (Fsp3) is 0.964. The topological polar surface area (TPSA) is 62.8 Å². The van der Waals surface area contributed by atoms with E-state index in [1.54, 1.807) is 0 Å². The van der Waals surface area contributed by atoms with E-state index in [1.165, 1.54) is 95.2 Å². The number of nitrogens with zero attached hydrogens (tertiary/aromatic N) is 1. The van der Waals surface area contributed by atoms with Gasteiger partial charge in [0, 0.05) is 24.7 Å². The standard InChI is InChI=1S/C28H53N3O3SSi/c1-28(2,3)30-27(32)29-20-24-19-22-14-15-31(24)21-23(22)11-9-16-35-17-10-18-36(4)33-25-12-7-5-6-8-13-26(25)34-36/h22-26H,5-21H2,1-4H3,(H2,29,30,32). The monoisotopic (exact) mass is 539 g/mol. The van der Waals surface area contributed by atoms with Crippen LogP contribution in [0.1, 0.15) is 91.4 Å². The summed E-state index contributed by atoms with van der Waals surface area (Å²) in [4.78, 5) is 14.8. The van der Waals surface area contributed by atoms with E-state index in [0.29, 0.717) is 18.2 Å². The van der Waals surface area contributed by atoms with Crippen molar-refractivity contribution < 1.29 is 13.6 Å². The molecule has 208 valence electrons. The van der Waals surface area contributed by atoms with Gasteiger partial charge in [-0.1, -0.05) is 25.7 Å². The van der Waals surface area contributed by atoms with Crippen LogP contribution in [0.5, 0.6) is 0 Å². The molecule has 1 saturated carbocycles. The normalized spacial score (nSPS) is 36.7. The third kappa shape index (κ3) is 8.62. The van der Waals surface area contributed by atoms with Crippen molar-refractivity contribution in [2.24, 2.45) is 11.8 Å². The Balaban J connectivity index is 1.06. The lowest BCUT2D eigenvalue weighted by Gasteiger charge is -2.50. The highest BCUT2D eigenvalue weighted by Crippen LogP contribution is 2.39. The molecular weight excluding hydrogens is 486 g/mol. The van der Waals surface area contributed by atoms with Crippen molar-refractivity contribution in [3.8, 4) is 0 Å². The number of hydrogen-bond donors (Lipinski definition) is 2. The fourth-order valence-corrected chi connectivity index (χ4v) is 11.0. The molecule has 5 rings (SSSR count). The van der Waals surface area contributed by atoms with Crippen LogP contribution in [-0.4, -0.2) is 74.4 Å². The van der Waals surface area contributed by atoms with Crippen molar-refractivity contribution in [1.29, 1.82) is 0 Å². The van der Waals surface area contributed by atoms with Gasteiger partial charge >= 0.3 is 14.6 Å².